The second-order valence-electron chi connectivity index (χ2n) is 8.04. The molecule has 4 aromatic rings. The molecule has 0 saturated carbocycles. The molecule has 2 aromatic heterocycles. The Balaban J connectivity index is 1.60. The molecule has 4 rings (SSSR count). The lowest BCUT2D eigenvalue weighted by atomic mass is 10.1. The number of hydrogen-bond acceptors (Lipinski definition) is 5. The summed E-state index contributed by atoms with van der Waals surface area (Å²) in [5, 5.41) is 8.27. The van der Waals surface area contributed by atoms with Crippen molar-refractivity contribution in [1.82, 2.24) is 20.1 Å². The number of nitrogens with zero attached hydrogens (tertiary/aromatic N) is 3. The molecule has 0 aliphatic carbocycles. The lowest BCUT2D eigenvalue weighted by Crippen LogP contribution is -2.26. The molecule has 7 nitrogen and oxygen atoms in total. The minimum atomic E-state index is -0.150. The molecular weight excluding hydrogens is 416 g/mol. The van der Waals surface area contributed by atoms with Gasteiger partial charge in [-0.1, -0.05) is 36.4 Å². The highest BCUT2D eigenvalue weighted by Gasteiger charge is 2.18. The van der Waals surface area contributed by atoms with Crippen LogP contribution in [0.3, 0.4) is 0 Å². The zero-order valence-electron chi connectivity index (χ0n) is 19.3. The molecule has 7 heteroatoms. The van der Waals surface area contributed by atoms with Gasteiger partial charge in [0.15, 0.2) is 17.1 Å². The molecule has 0 spiro atoms. The lowest BCUT2D eigenvalue weighted by Gasteiger charge is -2.12. The first-order chi connectivity index (χ1) is 16.0. The summed E-state index contributed by atoms with van der Waals surface area (Å²) in [6.07, 6.45) is 2.39. The van der Waals surface area contributed by atoms with Gasteiger partial charge in [0.05, 0.1) is 37.1 Å². The number of methoxy groups -OCH3 is 2. The standard InChI is InChI=1S/C26H28N4O3/c1-17(2)30-25-21(16-28-30)20(15-22(29-25)19-8-6-5-7-9-19)26(31)27-13-12-18-10-11-23(32-3)24(14-18)33-4/h5-11,14-17H,12-13H2,1-4H3,(H,27,31). The van der Waals surface area contributed by atoms with Crippen LogP contribution in [-0.4, -0.2) is 41.4 Å². The summed E-state index contributed by atoms with van der Waals surface area (Å²) in [4.78, 5) is 18.0. The zero-order valence-corrected chi connectivity index (χ0v) is 19.3. The Labute approximate surface area is 193 Å². The summed E-state index contributed by atoms with van der Waals surface area (Å²) in [5.74, 6) is 1.20. The maximum Gasteiger partial charge on any atom is 0.252 e. The molecule has 0 bridgehead atoms. The van der Waals surface area contributed by atoms with Crippen molar-refractivity contribution in [2.45, 2.75) is 26.3 Å². The number of hydrogen-bond donors (Lipinski definition) is 1. The molecule has 0 radical (unpaired) electrons. The van der Waals surface area contributed by atoms with Crippen molar-refractivity contribution in [2.75, 3.05) is 20.8 Å². The molecule has 0 saturated heterocycles. The van der Waals surface area contributed by atoms with Gasteiger partial charge < -0.3 is 14.8 Å². The smallest absolute Gasteiger partial charge is 0.252 e. The molecule has 1 N–H and O–H groups in total. The summed E-state index contributed by atoms with van der Waals surface area (Å²) >= 11 is 0. The normalized spacial score (nSPS) is 11.1. The molecule has 33 heavy (non-hydrogen) atoms. The number of fused-ring (bicyclic) bond motifs is 1. The molecule has 2 heterocycles. The first-order valence-corrected chi connectivity index (χ1v) is 10.9. The highest BCUT2D eigenvalue weighted by molar-refractivity contribution is 6.06. The fraction of sp³-hybridized carbons (Fsp3) is 0.269. The second-order valence-corrected chi connectivity index (χ2v) is 8.04. The molecule has 2 aromatic carbocycles. The van der Waals surface area contributed by atoms with Gasteiger partial charge in [-0.25, -0.2) is 9.67 Å². The molecule has 0 aliphatic rings. The van der Waals surface area contributed by atoms with Gasteiger partial charge in [0.2, 0.25) is 0 Å². The maximum absolute atomic E-state index is 13.2. The Kier molecular flexibility index (Phi) is 6.58. The Bertz CT molecular complexity index is 1270. The van der Waals surface area contributed by atoms with Gasteiger partial charge in [0.1, 0.15) is 0 Å². The third-order valence-corrected chi connectivity index (χ3v) is 5.52. The molecule has 170 valence electrons. The number of carbonyl (C=O) groups is 1. The van der Waals surface area contributed by atoms with Crippen LogP contribution in [0, 0.1) is 0 Å². The van der Waals surface area contributed by atoms with Gasteiger partial charge in [0.25, 0.3) is 5.91 Å². The van der Waals surface area contributed by atoms with Crippen LogP contribution >= 0.6 is 0 Å². The van der Waals surface area contributed by atoms with Crippen molar-refractivity contribution < 1.29 is 14.3 Å². The van der Waals surface area contributed by atoms with Crippen molar-refractivity contribution in [3.63, 3.8) is 0 Å². The second kappa shape index (κ2) is 9.73. The van der Waals surface area contributed by atoms with E-state index in [9.17, 15) is 4.79 Å². The molecule has 0 atom stereocenters. The van der Waals surface area contributed by atoms with Crippen LogP contribution in [0.1, 0.15) is 35.8 Å². The summed E-state index contributed by atoms with van der Waals surface area (Å²) in [6, 6.07) is 17.6. The zero-order chi connectivity index (χ0) is 23.4. The van der Waals surface area contributed by atoms with E-state index in [-0.39, 0.29) is 11.9 Å². The van der Waals surface area contributed by atoms with E-state index in [2.05, 4.69) is 10.4 Å². The molecule has 0 fully saturated rings. The predicted octanol–water partition coefficient (Wildman–Crippen LogP) is 4.67. The third kappa shape index (κ3) is 4.67. The van der Waals surface area contributed by atoms with Crippen molar-refractivity contribution >= 4 is 16.9 Å². The topological polar surface area (TPSA) is 78.3 Å². The van der Waals surface area contributed by atoms with Crippen LogP contribution in [0.15, 0.2) is 60.8 Å². The van der Waals surface area contributed by atoms with Crippen LogP contribution in [0.2, 0.25) is 0 Å². The van der Waals surface area contributed by atoms with Crippen LogP contribution in [0.5, 0.6) is 11.5 Å². The largest absolute Gasteiger partial charge is 0.493 e. The van der Waals surface area contributed by atoms with E-state index in [1.165, 1.54) is 0 Å². The number of pyridine rings is 1. The van der Waals surface area contributed by atoms with E-state index < -0.39 is 0 Å². The summed E-state index contributed by atoms with van der Waals surface area (Å²) in [7, 11) is 3.22. The predicted molar refractivity (Wildman–Crippen MR) is 129 cm³/mol. The number of rotatable bonds is 8. The van der Waals surface area contributed by atoms with E-state index in [1.54, 1.807) is 20.4 Å². The number of ether oxygens (including phenoxy) is 2. The Hall–Kier alpha value is -3.87. The van der Waals surface area contributed by atoms with E-state index >= 15 is 0 Å². The van der Waals surface area contributed by atoms with E-state index in [0.717, 1.165) is 22.2 Å². The lowest BCUT2D eigenvalue weighted by molar-refractivity contribution is 0.0955. The molecule has 0 aliphatic heterocycles. The average molecular weight is 445 g/mol. The Morgan fingerprint density at radius 1 is 1.03 bits per heavy atom. The van der Waals surface area contributed by atoms with Crippen molar-refractivity contribution in [3.05, 3.63) is 71.9 Å². The monoisotopic (exact) mass is 444 g/mol. The van der Waals surface area contributed by atoms with E-state index in [1.807, 2.05) is 73.1 Å². The molecular formula is C26H28N4O3. The number of benzene rings is 2. The quantitative estimate of drug-likeness (QED) is 0.427. The average Bonchev–Trinajstić information content (AvgIpc) is 3.28. The van der Waals surface area contributed by atoms with Gasteiger partial charge in [-0.2, -0.15) is 5.10 Å². The SMILES string of the molecule is COc1ccc(CCNC(=O)c2cc(-c3ccccc3)nc3c2cnn3C(C)C)cc1OC. The highest BCUT2D eigenvalue weighted by atomic mass is 16.5. The molecule has 0 unspecified atom stereocenters. The Morgan fingerprint density at radius 3 is 2.48 bits per heavy atom. The van der Waals surface area contributed by atoms with Crippen molar-refractivity contribution in [1.29, 1.82) is 0 Å². The van der Waals surface area contributed by atoms with Gasteiger partial charge in [-0.3, -0.25) is 4.79 Å². The van der Waals surface area contributed by atoms with Gasteiger partial charge in [-0.15, -0.1) is 0 Å². The summed E-state index contributed by atoms with van der Waals surface area (Å²) in [5.41, 5.74) is 4.02. The number of nitrogens with one attached hydrogen (secondary N) is 1. The summed E-state index contributed by atoms with van der Waals surface area (Å²) < 4.78 is 12.5. The Morgan fingerprint density at radius 2 is 1.79 bits per heavy atom. The minimum absolute atomic E-state index is 0.127. The van der Waals surface area contributed by atoms with Gasteiger partial charge in [-0.05, 0) is 44.0 Å². The van der Waals surface area contributed by atoms with Crippen LogP contribution < -0.4 is 14.8 Å². The number of carbonyl (C=O) groups excluding carboxylic acids is 1. The van der Waals surface area contributed by atoms with Crippen molar-refractivity contribution in [2.24, 2.45) is 0 Å². The number of aromatic nitrogens is 3. The minimum Gasteiger partial charge on any atom is -0.493 e. The first kappa shape index (κ1) is 22.3. The fourth-order valence-electron chi connectivity index (χ4n) is 3.79. The molecule has 1 amide bonds. The van der Waals surface area contributed by atoms with E-state index in [0.29, 0.717) is 35.7 Å². The first-order valence-electron chi connectivity index (χ1n) is 10.9. The van der Waals surface area contributed by atoms with Crippen LogP contribution in [-0.2, 0) is 6.42 Å². The van der Waals surface area contributed by atoms with Gasteiger partial charge >= 0.3 is 0 Å². The highest BCUT2D eigenvalue weighted by Crippen LogP contribution is 2.28. The third-order valence-electron chi connectivity index (χ3n) is 5.52. The number of amides is 1. The van der Waals surface area contributed by atoms with E-state index in [4.69, 9.17) is 14.5 Å². The van der Waals surface area contributed by atoms with Gasteiger partial charge in [0, 0.05) is 18.2 Å². The maximum atomic E-state index is 13.2. The van der Waals surface area contributed by atoms with Crippen LogP contribution in [0.25, 0.3) is 22.3 Å². The summed E-state index contributed by atoms with van der Waals surface area (Å²) in [6.45, 7) is 4.58. The van der Waals surface area contributed by atoms with Crippen LogP contribution in [0.4, 0.5) is 0 Å². The van der Waals surface area contributed by atoms with Crippen molar-refractivity contribution in [3.8, 4) is 22.8 Å². The fourth-order valence-corrected chi connectivity index (χ4v) is 3.79.